The smallest absolute Gasteiger partial charge is 0.310 e. The number of hydrogen-bond acceptors (Lipinski definition) is 3. The van der Waals surface area contributed by atoms with E-state index in [-0.39, 0.29) is 18.1 Å². The van der Waals surface area contributed by atoms with Gasteiger partial charge < -0.3 is 9.64 Å². The van der Waals surface area contributed by atoms with Crippen LogP contribution in [0.25, 0.3) is 0 Å². The molecule has 1 aromatic carbocycles. The maximum atomic E-state index is 13.7. The third kappa shape index (κ3) is 4.05. The maximum absolute atomic E-state index is 13.7. The number of benzene rings is 1. The Morgan fingerprint density at radius 3 is 2.55 bits per heavy atom. The summed E-state index contributed by atoms with van der Waals surface area (Å²) in [5.41, 5.74) is 0.0259. The van der Waals surface area contributed by atoms with Crippen LogP contribution in [0.1, 0.15) is 30.6 Å². The van der Waals surface area contributed by atoms with Crippen LogP contribution in [0.4, 0.5) is 4.39 Å². The monoisotopic (exact) mass is 281 g/mol. The first-order chi connectivity index (χ1) is 9.51. The van der Waals surface area contributed by atoms with Gasteiger partial charge in [0.2, 0.25) is 0 Å². The summed E-state index contributed by atoms with van der Waals surface area (Å²) in [7, 11) is 1.31. The van der Waals surface area contributed by atoms with Gasteiger partial charge in [0.25, 0.3) is 5.91 Å². The molecule has 0 aliphatic rings. The van der Waals surface area contributed by atoms with E-state index in [2.05, 4.69) is 4.74 Å². The van der Waals surface area contributed by atoms with Crippen molar-refractivity contribution >= 4 is 11.9 Å². The highest BCUT2D eigenvalue weighted by Crippen LogP contribution is 2.12. The molecule has 1 unspecified atom stereocenters. The van der Waals surface area contributed by atoms with E-state index in [1.165, 1.54) is 30.2 Å². The van der Waals surface area contributed by atoms with Crippen molar-refractivity contribution in [2.75, 3.05) is 20.2 Å². The fraction of sp³-hybridized carbons (Fsp3) is 0.467. The molecule has 0 aromatic heterocycles. The minimum absolute atomic E-state index is 0.0259. The van der Waals surface area contributed by atoms with Crippen LogP contribution >= 0.6 is 0 Å². The van der Waals surface area contributed by atoms with Gasteiger partial charge in [-0.2, -0.15) is 0 Å². The second-order valence-electron chi connectivity index (χ2n) is 4.66. The van der Waals surface area contributed by atoms with Crippen molar-refractivity contribution in [3.63, 3.8) is 0 Å². The number of esters is 1. The van der Waals surface area contributed by atoms with Crippen LogP contribution in [0.2, 0.25) is 0 Å². The molecule has 110 valence electrons. The topological polar surface area (TPSA) is 46.6 Å². The van der Waals surface area contributed by atoms with E-state index < -0.39 is 17.6 Å². The first kappa shape index (κ1) is 16.1. The van der Waals surface area contributed by atoms with Gasteiger partial charge in [0.15, 0.2) is 0 Å². The summed E-state index contributed by atoms with van der Waals surface area (Å²) >= 11 is 0. The second kappa shape index (κ2) is 7.62. The average molecular weight is 281 g/mol. The Kier molecular flexibility index (Phi) is 6.15. The predicted molar refractivity (Wildman–Crippen MR) is 73.8 cm³/mol. The van der Waals surface area contributed by atoms with E-state index in [0.29, 0.717) is 6.54 Å². The number of halogens is 1. The lowest BCUT2D eigenvalue weighted by atomic mass is 10.1. The number of rotatable bonds is 6. The fourth-order valence-electron chi connectivity index (χ4n) is 1.96. The predicted octanol–water partition coefficient (Wildman–Crippen LogP) is 2.49. The number of nitrogens with zero attached hydrogens (tertiary/aromatic N) is 1. The van der Waals surface area contributed by atoms with Crippen LogP contribution in [0, 0.1) is 11.7 Å². The van der Waals surface area contributed by atoms with Crippen LogP contribution < -0.4 is 0 Å². The Hall–Kier alpha value is -1.91. The van der Waals surface area contributed by atoms with E-state index in [1.807, 2.05) is 6.92 Å². The largest absolute Gasteiger partial charge is 0.469 e. The fourth-order valence-corrected chi connectivity index (χ4v) is 1.96. The molecule has 4 nitrogen and oxygen atoms in total. The number of hydrogen-bond donors (Lipinski definition) is 0. The quantitative estimate of drug-likeness (QED) is 0.753. The molecule has 1 rings (SSSR count). The molecule has 1 aromatic rings. The SMILES string of the molecule is CCCN(CC(C)C(=O)OC)C(=O)c1ccccc1F. The van der Waals surface area contributed by atoms with Gasteiger partial charge >= 0.3 is 5.97 Å². The lowest BCUT2D eigenvalue weighted by Crippen LogP contribution is -2.38. The molecule has 0 fully saturated rings. The van der Waals surface area contributed by atoms with E-state index >= 15 is 0 Å². The van der Waals surface area contributed by atoms with Gasteiger partial charge in [-0.25, -0.2) is 4.39 Å². The number of carbonyl (C=O) groups is 2. The number of carbonyl (C=O) groups excluding carboxylic acids is 2. The highest BCUT2D eigenvalue weighted by atomic mass is 19.1. The summed E-state index contributed by atoms with van der Waals surface area (Å²) in [6.07, 6.45) is 0.730. The summed E-state index contributed by atoms with van der Waals surface area (Å²) < 4.78 is 18.3. The number of methoxy groups -OCH3 is 1. The first-order valence-electron chi connectivity index (χ1n) is 6.62. The molecule has 0 aliphatic heterocycles. The van der Waals surface area contributed by atoms with E-state index in [4.69, 9.17) is 0 Å². The van der Waals surface area contributed by atoms with Gasteiger partial charge in [0.1, 0.15) is 5.82 Å². The molecule has 0 radical (unpaired) electrons. The van der Waals surface area contributed by atoms with Crippen molar-refractivity contribution in [2.24, 2.45) is 5.92 Å². The zero-order chi connectivity index (χ0) is 15.1. The molecule has 0 aliphatic carbocycles. The van der Waals surface area contributed by atoms with Crippen LogP contribution in [0.3, 0.4) is 0 Å². The van der Waals surface area contributed by atoms with Crippen LogP contribution in [-0.2, 0) is 9.53 Å². The minimum Gasteiger partial charge on any atom is -0.469 e. The molecular formula is C15H20FNO3. The normalized spacial score (nSPS) is 11.8. The molecular weight excluding hydrogens is 261 g/mol. The molecule has 20 heavy (non-hydrogen) atoms. The van der Waals surface area contributed by atoms with Crippen molar-refractivity contribution in [1.82, 2.24) is 4.90 Å². The minimum atomic E-state index is -0.552. The van der Waals surface area contributed by atoms with E-state index in [1.54, 1.807) is 13.0 Å². The first-order valence-corrected chi connectivity index (χ1v) is 6.62. The lowest BCUT2D eigenvalue weighted by Gasteiger charge is -2.24. The third-order valence-electron chi connectivity index (χ3n) is 2.98. The van der Waals surface area contributed by atoms with Gasteiger partial charge in [-0.1, -0.05) is 26.0 Å². The summed E-state index contributed by atoms with van der Waals surface area (Å²) in [4.78, 5) is 25.3. The lowest BCUT2D eigenvalue weighted by molar-refractivity contribution is -0.145. The number of ether oxygens (including phenoxy) is 1. The van der Waals surface area contributed by atoms with E-state index in [9.17, 15) is 14.0 Å². The molecule has 0 saturated carbocycles. The Morgan fingerprint density at radius 2 is 2.00 bits per heavy atom. The van der Waals surface area contributed by atoms with Crippen molar-refractivity contribution in [2.45, 2.75) is 20.3 Å². The summed E-state index contributed by atoms with van der Waals surface area (Å²) in [5.74, 6) is -1.78. The van der Waals surface area contributed by atoms with Gasteiger partial charge in [-0.15, -0.1) is 0 Å². The summed E-state index contributed by atoms with van der Waals surface area (Å²) in [5, 5.41) is 0. The molecule has 0 bridgehead atoms. The molecule has 0 saturated heterocycles. The van der Waals surface area contributed by atoms with Crippen LogP contribution in [-0.4, -0.2) is 37.0 Å². The Morgan fingerprint density at radius 1 is 1.35 bits per heavy atom. The molecule has 0 N–H and O–H groups in total. The van der Waals surface area contributed by atoms with Gasteiger partial charge in [0.05, 0.1) is 18.6 Å². The standard InChI is InChI=1S/C15H20FNO3/c1-4-9-17(10-11(2)15(19)20-3)14(18)12-7-5-6-8-13(12)16/h5-8,11H,4,9-10H2,1-3H3. The average Bonchev–Trinajstić information content (AvgIpc) is 2.45. The second-order valence-corrected chi connectivity index (χ2v) is 4.66. The zero-order valence-corrected chi connectivity index (χ0v) is 12.1. The molecule has 1 amide bonds. The summed E-state index contributed by atoms with van der Waals surface area (Å²) in [6.45, 7) is 4.29. The highest BCUT2D eigenvalue weighted by Gasteiger charge is 2.23. The Balaban J connectivity index is 2.88. The van der Waals surface area contributed by atoms with Crippen molar-refractivity contribution in [1.29, 1.82) is 0 Å². The van der Waals surface area contributed by atoms with Crippen LogP contribution in [0.5, 0.6) is 0 Å². The van der Waals surface area contributed by atoms with Crippen molar-refractivity contribution in [3.8, 4) is 0 Å². The molecule has 1 atom stereocenters. The highest BCUT2D eigenvalue weighted by molar-refractivity contribution is 5.94. The van der Waals surface area contributed by atoms with E-state index in [0.717, 1.165) is 6.42 Å². The Labute approximate surface area is 118 Å². The summed E-state index contributed by atoms with van der Waals surface area (Å²) in [6, 6.07) is 5.85. The maximum Gasteiger partial charge on any atom is 0.310 e. The number of amides is 1. The van der Waals surface area contributed by atoms with Crippen molar-refractivity contribution in [3.05, 3.63) is 35.6 Å². The zero-order valence-electron chi connectivity index (χ0n) is 12.1. The van der Waals surface area contributed by atoms with Crippen LogP contribution in [0.15, 0.2) is 24.3 Å². The molecule has 0 heterocycles. The van der Waals surface area contributed by atoms with Crippen molar-refractivity contribution < 1.29 is 18.7 Å². The molecule has 5 heteroatoms. The van der Waals surface area contributed by atoms with Gasteiger partial charge in [0, 0.05) is 13.1 Å². The Bertz CT molecular complexity index is 476. The van der Waals surface area contributed by atoms with Gasteiger partial charge in [-0.05, 0) is 18.6 Å². The third-order valence-corrected chi connectivity index (χ3v) is 2.98. The van der Waals surface area contributed by atoms with Gasteiger partial charge in [-0.3, -0.25) is 9.59 Å². The molecule has 0 spiro atoms.